The first-order valence-corrected chi connectivity index (χ1v) is 11.5. The molecule has 0 fully saturated rings. The summed E-state index contributed by atoms with van der Waals surface area (Å²) >= 11 is 0. The molecule has 0 radical (unpaired) electrons. The van der Waals surface area contributed by atoms with Gasteiger partial charge in [-0.2, -0.15) is 5.26 Å². The van der Waals surface area contributed by atoms with Gasteiger partial charge in [0.1, 0.15) is 5.75 Å². The Hall–Kier alpha value is -3.37. The molecule has 3 aromatic carbocycles. The number of rotatable bonds is 9. The molecule has 0 heterocycles. The number of carbonyl (C=O) groups is 1. The van der Waals surface area contributed by atoms with Gasteiger partial charge in [-0.3, -0.25) is 4.79 Å². The second kappa shape index (κ2) is 10.1. The van der Waals surface area contributed by atoms with Crippen LogP contribution in [0.4, 0.5) is 0 Å². The topological polar surface area (TPSA) is 96.3 Å². The molecule has 3 rings (SSSR count). The molecular weight excluding hydrogens is 412 g/mol. The third-order valence-electron chi connectivity index (χ3n) is 5.13. The summed E-state index contributed by atoms with van der Waals surface area (Å²) in [7, 11) is -2.48. The SMILES string of the molecule is COc1ccc(C(CCCCC#N)C(=O)NS(=O)(=O)c2ccc3ccccc3c2)cc1. The van der Waals surface area contributed by atoms with Crippen LogP contribution in [0.2, 0.25) is 0 Å². The number of unbranched alkanes of at least 4 members (excludes halogenated alkanes) is 2. The van der Waals surface area contributed by atoms with Gasteiger partial charge in [-0.1, -0.05) is 48.9 Å². The monoisotopic (exact) mass is 436 g/mol. The number of ether oxygens (including phenoxy) is 1. The maximum absolute atomic E-state index is 13.0. The summed E-state index contributed by atoms with van der Waals surface area (Å²) in [5.41, 5.74) is 0.698. The van der Waals surface area contributed by atoms with Gasteiger partial charge in [0.15, 0.2) is 0 Å². The van der Waals surface area contributed by atoms with E-state index in [1.54, 1.807) is 43.5 Å². The molecule has 0 aliphatic heterocycles. The van der Waals surface area contributed by atoms with E-state index in [4.69, 9.17) is 10.00 Å². The van der Waals surface area contributed by atoms with Gasteiger partial charge in [0.25, 0.3) is 10.0 Å². The van der Waals surface area contributed by atoms with Crippen LogP contribution in [0.1, 0.15) is 37.2 Å². The molecule has 1 atom stereocenters. The molecule has 0 saturated carbocycles. The summed E-state index contributed by atoms with van der Waals surface area (Å²) < 4.78 is 33.2. The van der Waals surface area contributed by atoms with Crippen molar-refractivity contribution < 1.29 is 17.9 Å². The first kappa shape index (κ1) is 22.3. The molecule has 160 valence electrons. The van der Waals surface area contributed by atoms with E-state index < -0.39 is 21.8 Å². The molecule has 7 heteroatoms. The van der Waals surface area contributed by atoms with Gasteiger partial charge < -0.3 is 4.74 Å². The minimum Gasteiger partial charge on any atom is -0.497 e. The van der Waals surface area contributed by atoms with Gasteiger partial charge in [0, 0.05) is 6.42 Å². The van der Waals surface area contributed by atoms with Crippen molar-refractivity contribution in [3.05, 3.63) is 72.3 Å². The molecule has 1 amide bonds. The van der Waals surface area contributed by atoms with Crippen LogP contribution in [0.25, 0.3) is 10.8 Å². The van der Waals surface area contributed by atoms with Crippen LogP contribution in [-0.4, -0.2) is 21.4 Å². The number of fused-ring (bicyclic) bond motifs is 1. The summed E-state index contributed by atoms with van der Waals surface area (Å²) in [4.78, 5) is 13.1. The van der Waals surface area contributed by atoms with Gasteiger partial charge in [-0.05, 0) is 53.4 Å². The van der Waals surface area contributed by atoms with E-state index in [1.165, 1.54) is 6.07 Å². The maximum atomic E-state index is 13.0. The number of nitrogens with zero attached hydrogens (tertiary/aromatic N) is 1. The molecule has 1 unspecified atom stereocenters. The number of hydrogen-bond acceptors (Lipinski definition) is 5. The van der Waals surface area contributed by atoms with Crippen molar-refractivity contribution in [2.24, 2.45) is 0 Å². The maximum Gasteiger partial charge on any atom is 0.264 e. The summed E-state index contributed by atoms with van der Waals surface area (Å²) in [5, 5.41) is 10.4. The summed E-state index contributed by atoms with van der Waals surface area (Å²) in [6, 6.07) is 21.3. The van der Waals surface area contributed by atoms with E-state index in [-0.39, 0.29) is 4.90 Å². The van der Waals surface area contributed by atoms with E-state index in [0.29, 0.717) is 37.0 Å². The van der Waals surface area contributed by atoms with Crippen molar-refractivity contribution >= 4 is 26.7 Å². The van der Waals surface area contributed by atoms with Crippen molar-refractivity contribution in [1.29, 1.82) is 5.26 Å². The van der Waals surface area contributed by atoms with E-state index in [1.807, 2.05) is 24.3 Å². The Morgan fingerprint density at radius 3 is 2.42 bits per heavy atom. The van der Waals surface area contributed by atoms with Crippen molar-refractivity contribution in [2.75, 3.05) is 7.11 Å². The Kier molecular flexibility index (Phi) is 7.27. The van der Waals surface area contributed by atoms with Crippen molar-refractivity contribution in [3.8, 4) is 11.8 Å². The minimum atomic E-state index is -4.03. The highest BCUT2D eigenvalue weighted by Crippen LogP contribution is 2.26. The van der Waals surface area contributed by atoms with Crippen LogP contribution >= 0.6 is 0 Å². The zero-order valence-corrected chi connectivity index (χ0v) is 18.1. The van der Waals surface area contributed by atoms with Gasteiger partial charge in [-0.15, -0.1) is 0 Å². The Morgan fingerprint density at radius 1 is 1.03 bits per heavy atom. The fraction of sp³-hybridized carbons (Fsp3) is 0.250. The molecule has 0 bridgehead atoms. The van der Waals surface area contributed by atoms with E-state index >= 15 is 0 Å². The standard InChI is InChI=1S/C24H24N2O4S/c1-30-21-13-10-19(11-14-21)23(9-3-2-6-16-25)24(27)26-31(28,29)22-15-12-18-7-4-5-8-20(18)17-22/h4-5,7-8,10-15,17,23H,2-3,6,9H2,1H3,(H,26,27). The van der Waals surface area contributed by atoms with Gasteiger partial charge in [-0.25, -0.2) is 13.1 Å². The number of carbonyl (C=O) groups excluding carboxylic acids is 1. The quantitative estimate of drug-likeness (QED) is 0.498. The predicted octanol–water partition coefficient (Wildman–Crippen LogP) is 4.52. The number of hydrogen-bond donors (Lipinski definition) is 1. The van der Waals surface area contributed by atoms with Gasteiger partial charge >= 0.3 is 0 Å². The second-order valence-corrected chi connectivity index (χ2v) is 8.89. The first-order valence-electron chi connectivity index (χ1n) is 10.0. The number of methoxy groups -OCH3 is 1. The van der Waals surface area contributed by atoms with E-state index in [2.05, 4.69) is 10.8 Å². The molecule has 0 saturated heterocycles. The number of nitriles is 1. The van der Waals surface area contributed by atoms with Crippen LogP contribution in [-0.2, 0) is 14.8 Å². The second-order valence-electron chi connectivity index (χ2n) is 7.21. The number of benzene rings is 3. The van der Waals surface area contributed by atoms with Crippen molar-refractivity contribution in [3.63, 3.8) is 0 Å². The lowest BCUT2D eigenvalue weighted by molar-refractivity contribution is -0.121. The molecule has 6 nitrogen and oxygen atoms in total. The zero-order chi connectivity index (χ0) is 22.3. The summed E-state index contributed by atoms with van der Waals surface area (Å²) in [6.45, 7) is 0. The molecule has 0 spiro atoms. The lowest BCUT2D eigenvalue weighted by atomic mass is 9.92. The molecule has 0 aromatic heterocycles. The Bertz CT molecular complexity index is 1200. The number of sulfonamides is 1. The Balaban J connectivity index is 1.83. The predicted molar refractivity (Wildman–Crippen MR) is 119 cm³/mol. The molecule has 0 aliphatic rings. The number of amides is 1. The molecule has 1 N–H and O–H groups in total. The third kappa shape index (κ3) is 5.62. The van der Waals surface area contributed by atoms with Crippen LogP contribution in [0.15, 0.2) is 71.6 Å². The average molecular weight is 437 g/mol. The lowest BCUT2D eigenvalue weighted by Gasteiger charge is -2.18. The average Bonchev–Trinajstić information content (AvgIpc) is 2.78. The Morgan fingerprint density at radius 2 is 1.74 bits per heavy atom. The first-order chi connectivity index (χ1) is 14.9. The van der Waals surface area contributed by atoms with Crippen LogP contribution in [0.5, 0.6) is 5.75 Å². The zero-order valence-electron chi connectivity index (χ0n) is 17.2. The van der Waals surface area contributed by atoms with Gasteiger partial charge in [0.05, 0.1) is 24.0 Å². The molecular formula is C24H24N2O4S. The number of nitrogens with one attached hydrogen (secondary N) is 1. The van der Waals surface area contributed by atoms with Crippen molar-refractivity contribution in [1.82, 2.24) is 4.72 Å². The van der Waals surface area contributed by atoms with Crippen LogP contribution in [0, 0.1) is 11.3 Å². The third-order valence-corrected chi connectivity index (χ3v) is 6.48. The fourth-order valence-corrected chi connectivity index (χ4v) is 4.49. The summed E-state index contributed by atoms with van der Waals surface area (Å²) in [5.74, 6) is -0.591. The lowest BCUT2D eigenvalue weighted by Crippen LogP contribution is -2.34. The Labute approximate surface area is 182 Å². The van der Waals surface area contributed by atoms with Crippen LogP contribution < -0.4 is 9.46 Å². The largest absolute Gasteiger partial charge is 0.497 e. The smallest absolute Gasteiger partial charge is 0.264 e. The molecule has 0 aliphatic carbocycles. The van der Waals surface area contributed by atoms with Crippen LogP contribution in [0.3, 0.4) is 0 Å². The molecule has 3 aromatic rings. The summed E-state index contributed by atoms with van der Waals surface area (Å²) in [6.07, 6.45) is 2.11. The highest BCUT2D eigenvalue weighted by atomic mass is 32.2. The highest BCUT2D eigenvalue weighted by Gasteiger charge is 2.26. The van der Waals surface area contributed by atoms with E-state index in [9.17, 15) is 13.2 Å². The minimum absolute atomic E-state index is 0.0394. The normalized spacial score (nSPS) is 12.1. The van der Waals surface area contributed by atoms with Gasteiger partial charge in [0.2, 0.25) is 5.91 Å². The van der Waals surface area contributed by atoms with Crippen molar-refractivity contribution in [2.45, 2.75) is 36.5 Å². The van der Waals surface area contributed by atoms with E-state index in [0.717, 1.165) is 10.8 Å². The highest BCUT2D eigenvalue weighted by molar-refractivity contribution is 7.90. The fourth-order valence-electron chi connectivity index (χ4n) is 3.43. The molecule has 31 heavy (non-hydrogen) atoms.